The highest BCUT2D eigenvalue weighted by Gasteiger charge is 2.19. The van der Waals surface area contributed by atoms with Crippen molar-refractivity contribution in [2.45, 2.75) is 85.6 Å². The first kappa shape index (κ1) is 24.0. The Morgan fingerprint density at radius 1 is 1.16 bits per heavy atom. The summed E-state index contributed by atoms with van der Waals surface area (Å²) >= 11 is 0. The molecule has 2 nitrogen and oxygen atoms in total. The molecule has 1 aliphatic heterocycles. The van der Waals surface area contributed by atoms with E-state index in [1.165, 1.54) is 64.6 Å². The predicted molar refractivity (Wildman–Crippen MR) is 115 cm³/mol. The van der Waals surface area contributed by atoms with Crippen molar-refractivity contribution >= 4 is 0 Å². The van der Waals surface area contributed by atoms with Gasteiger partial charge < -0.3 is 10.2 Å². The molecule has 0 spiro atoms. The lowest BCUT2D eigenvalue weighted by atomic mass is 9.95. The van der Waals surface area contributed by atoms with E-state index in [4.69, 9.17) is 0 Å². The summed E-state index contributed by atoms with van der Waals surface area (Å²) in [6.07, 6.45) is 17.5. The van der Waals surface area contributed by atoms with Crippen LogP contribution in [0.5, 0.6) is 0 Å². The number of rotatable bonds is 11. The van der Waals surface area contributed by atoms with Crippen LogP contribution in [0.1, 0.15) is 79.6 Å². The molecule has 0 aliphatic carbocycles. The highest BCUT2D eigenvalue weighted by atomic mass is 15.1. The average Bonchev–Trinajstić information content (AvgIpc) is 2.65. The van der Waals surface area contributed by atoms with E-state index in [1.54, 1.807) is 0 Å². The molecule has 146 valence electrons. The van der Waals surface area contributed by atoms with Crippen LogP contribution in [-0.2, 0) is 0 Å². The molecule has 1 fully saturated rings. The summed E-state index contributed by atoms with van der Waals surface area (Å²) in [5.74, 6) is 0.933. The molecule has 1 atom stereocenters. The van der Waals surface area contributed by atoms with Gasteiger partial charge >= 0.3 is 0 Å². The van der Waals surface area contributed by atoms with Crippen molar-refractivity contribution in [1.82, 2.24) is 10.2 Å². The summed E-state index contributed by atoms with van der Waals surface area (Å²) in [7, 11) is 0. The summed E-state index contributed by atoms with van der Waals surface area (Å²) in [5, 5.41) is 3.56. The molecular weight excluding hydrogens is 304 g/mol. The number of likely N-dealkylation sites (tertiary alicyclic amines) is 1. The minimum atomic E-state index is 0.594. The Morgan fingerprint density at radius 2 is 1.84 bits per heavy atom. The van der Waals surface area contributed by atoms with Gasteiger partial charge in [0.1, 0.15) is 0 Å². The summed E-state index contributed by atoms with van der Waals surface area (Å²) in [6, 6.07) is 0.594. The van der Waals surface area contributed by atoms with Gasteiger partial charge in [0, 0.05) is 24.8 Å². The standard InChI is InChI=1S/C21H38N2.C2H6/c1-5-8-10-11-19(4)22-21-14-17-23(18-15-21)16-13-20(7-3)12-9-6-2;1-2/h5,8,10-11,20-22H,4,6-7,9,12-18H2,1-3H3;1-2H3/b8-5-,11-10-;. The van der Waals surface area contributed by atoms with Crippen LogP contribution < -0.4 is 5.32 Å². The number of nitrogens with zero attached hydrogens (tertiary/aromatic N) is 1. The number of nitrogens with one attached hydrogen (secondary N) is 1. The Kier molecular flexibility index (Phi) is 15.8. The van der Waals surface area contributed by atoms with E-state index < -0.39 is 0 Å². The van der Waals surface area contributed by atoms with Crippen LogP contribution >= 0.6 is 0 Å². The van der Waals surface area contributed by atoms with E-state index in [2.05, 4.69) is 36.7 Å². The lowest BCUT2D eigenvalue weighted by Gasteiger charge is -2.33. The molecule has 0 saturated carbocycles. The van der Waals surface area contributed by atoms with Crippen LogP contribution in [0, 0.1) is 5.92 Å². The maximum Gasteiger partial charge on any atom is 0.0285 e. The van der Waals surface area contributed by atoms with Crippen molar-refractivity contribution in [3.63, 3.8) is 0 Å². The summed E-state index contributed by atoms with van der Waals surface area (Å²) in [4.78, 5) is 2.66. The number of hydrogen-bond donors (Lipinski definition) is 1. The van der Waals surface area contributed by atoms with Crippen molar-refractivity contribution in [2.75, 3.05) is 19.6 Å². The first-order valence-electron chi connectivity index (χ1n) is 10.7. The zero-order valence-corrected chi connectivity index (χ0v) is 17.7. The SMILES string of the molecule is C=C(/C=C\C=C/C)NC1CCN(CCC(CC)CCCC)CC1.CC. The normalized spacial score (nSPS) is 17.5. The van der Waals surface area contributed by atoms with Crippen LogP contribution in [0.2, 0.25) is 0 Å². The molecule has 1 saturated heterocycles. The molecular formula is C23H44N2. The van der Waals surface area contributed by atoms with Gasteiger partial charge in [-0.2, -0.15) is 0 Å². The van der Waals surface area contributed by atoms with Crippen molar-refractivity contribution in [3.05, 3.63) is 36.6 Å². The first-order chi connectivity index (χ1) is 12.2. The zero-order chi connectivity index (χ0) is 18.9. The van der Waals surface area contributed by atoms with Crippen LogP contribution in [0.25, 0.3) is 0 Å². The Hall–Kier alpha value is -1.02. The van der Waals surface area contributed by atoms with E-state index in [-0.39, 0.29) is 0 Å². The van der Waals surface area contributed by atoms with Gasteiger partial charge in [0.25, 0.3) is 0 Å². The Labute approximate surface area is 158 Å². The van der Waals surface area contributed by atoms with Crippen LogP contribution in [-0.4, -0.2) is 30.6 Å². The molecule has 1 aliphatic rings. The maximum absolute atomic E-state index is 4.09. The third-order valence-electron chi connectivity index (χ3n) is 4.97. The molecule has 25 heavy (non-hydrogen) atoms. The Balaban J connectivity index is 0.00000277. The van der Waals surface area contributed by atoms with Gasteiger partial charge in [0.15, 0.2) is 0 Å². The fraction of sp³-hybridized carbons (Fsp3) is 0.739. The summed E-state index contributed by atoms with van der Waals surface area (Å²) in [5.41, 5.74) is 1.03. The molecule has 0 radical (unpaired) electrons. The third kappa shape index (κ3) is 12.0. The van der Waals surface area contributed by atoms with Crippen molar-refractivity contribution in [1.29, 1.82) is 0 Å². The topological polar surface area (TPSA) is 15.3 Å². The molecule has 1 unspecified atom stereocenters. The highest BCUT2D eigenvalue weighted by molar-refractivity contribution is 5.18. The zero-order valence-electron chi connectivity index (χ0n) is 17.7. The maximum atomic E-state index is 4.09. The molecule has 1 N–H and O–H groups in total. The molecule has 0 aromatic rings. The van der Waals surface area contributed by atoms with Gasteiger partial charge in [-0.05, 0) is 44.7 Å². The number of piperidine rings is 1. The van der Waals surface area contributed by atoms with Crippen LogP contribution in [0.3, 0.4) is 0 Å². The molecule has 1 rings (SSSR count). The minimum Gasteiger partial charge on any atom is -0.383 e. The number of allylic oxidation sites excluding steroid dienone is 4. The van der Waals surface area contributed by atoms with Gasteiger partial charge in [0.05, 0.1) is 0 Å². The molecule has 0 aromatic heterocycles. The lowest BCUT2D eigenvalue weighted by molar-refractivity contribution is 0.188. The van der Waals surface area contributed by atoms with Gasteiger partial charge in [-0.1, -0.05) is 78.2 Å². The number of hydrogen-bond acceptors (Lipinski definition) is 2. The number of unbranched alkanes of at least 4 members (excludes halogenated alkanes) is 1. The second kappa shape index (κ2) is 16.4. The average molecular weight is 349 g/mol. The van der Waals surface area contributed by atoms with Gasteiger partial charge in [-0.25, -0.2) is 0 Å². The summed E-state index contributed by atoms with van der Waals surface area (Å²) < 4.78 is 0. The molecule has 0 aromatic carbocycles. The predicted octanol–water partition coefficient (Wildman–Crippen LogP) is 6.32. The van der Waals surface area contributed by atoms with Gasteiger partial charge in [-0.15, -0.1) is 0 Å². The van der Waals surface area contributed by atoms with Crippen LogP contribution in [0.15, 0.2) is 36.6 Å². The van der Waals surface area contributed by atoms with E-state index in [9.17, 15) is 0 Å². The largest absolute Gasteiger partial charge is 0.383 e. The third-order valence-corrected chi connectivity index (χ3v) is 4.97. The van der Waals surface area contributed by atoms with E-state index in [0.29, 0.717) is 6.04 Å². The van der Waals surface area contributed by atoms with Crippen molar-refractivity contribution in [3.8, 4) is 0 Å². The minimum absolute atomic E-state index is 0.594. The molecule has 0 amide bonds. The molecule has 2 heteroatoms. The smallest absolute Gasteiger partial charge is 0.0285 e. The van der Waals surface area contributed by atoms with E-state index in [0.717, 1.165) is 11.6 Å². The second-order valence-corrected chi connectivity index (χ2v) is 6.88. The van der Waals surface area contributed by atoms with Crippen molar-refractivity contribution < 1.29 is 0 Å². The van der Waals surface area contributed by atoms with Gasteiger partial charge in [-0.3, -0.25) is 0 Å². The van der Waals surface area contributed by atoms with E-state index in [1.807, 2.05) is 39.0 Å². The highest BCUT2D eigenvalue weighted by Crippen LogP contribution is 2.19. The monoisotopic (exact) mass is 348 g/mol. The summed E-state index contributed by atoms with van der Waals surface area (Å²) in [6.45, 7) is 18.5. The molecule has 1 heterocycles. The van der Waals surface area contributed by atoms with Crippen molar-refractivity contribution in [2.24, 2.45) is 5.92 Å². The van der Waals surface area contributed by atoms with Gasteiger partial charge in [0.2, 0.25) is 0 Å². The first-order valence-corrected chi connectivity index (χ1v) is 10.7. The Morgan fingerprint density at radius 3 is 2.40 bits per heavy atom. The fourth-order valence-electron chi connectivity index (χ4n) is 3.30. The lowest BCUT2D eigenvalue weighted by Crippen LogP contribution is -2.42. The van der Waals surface area contributed by atoms with E-state index >= 15 is 0 Å². The quantitative estimate of drug-likeness (QED) is 0.440. The van der Waals surface area contributed by atoms with Crippen LogP contribution in [0.4, 0.5) is 0 Å². The fourth-order valence-corrected chi connectivity index (χ4v) is 3.30. The Bertz CT molecular complexity index is 362. The molecule has 0 bridgehead atoms. The second-order valence-electron chi connectivity index (χ2n) is 6.88.